The summed E-state index contributed by atoms with van der Waals surface area (Å²) in [5.74, 6) is 5.68. The summed E-state index contributed by atoms with van der Waals surface area (Å²) in [6.07, 6.45) is 1.50. The van der Waals surface area contributed by atoms with Gasteiger partial charge in [-0.2, -0.15) is 0 Å². The molecule has 4 heteroatoms. The van der Waals surface area contributed by atoms with E-state index in [-0.39, 0.29) is 5.97 Å². The first-order valence-electron chi connectivity index (χ1n) is 5.91. The summed E-state index contributed by atoms with van der Waals surface area (Å²) < 4.78 is 4.91. The molecule has 0 saturated heterocycles. The Balaban J connectivity index is 2.17. The molecule has 0 aliphatic rings. The predicted octanol–water partition coefficient (Wildman–Crippen LogP) is 3.03. The van der Waals surface area contributed by atoms with E-state index in [4.69, 9.17) is 4.74 Å². The van der Waals surface area contributed by atoms with Gasteiger partial charge in [0, 0.05) is 5.56 Å². The molecule has 0 fully saturated rings. The van der Waals surface area contributed by atoms with Crippen molar-refractivity contribution in [3.05, 3.63) is 51.5 Å². The molecule has 0 bridgehead atoms. The van der Waals surface area contributed by atoms with E-state index >= 15 is 0 Å². The fourth-order valence-electron chi connectivity index (χ4n) is 1.46. The minimum Gasteiger partial charge on any atom is -0.462 e. The van der Waals surface area contributed by atoms with Gasteiger partial charge in [0.2, 0.25) is 0 Å². The Hall–Kier alpha value is -2.12. The lowest BCUT2D eigenvalue weighted by Gasteiger charge is -1.95. The SMILES string of the molecule is CCOC(=O)c1cnc(C#Cc2ccccc2C)s1. The fraction of sp³-hybridized carbons (Fsp3) is 0.200. The smallest absolute Gasteiger partial charge is 0.349 e. The molecule has 1 aromatic heterocycles. The molecule has 0 atom stereocenters. The minimum atomic E-state index is -0.344. The highest BCUT2D eigenvalue weighted by molar-refractivity contribution is 7.14. The van der Waals surface area contributed by atoms with Crippen LogP contribution in [0.25, 0.3) is 0 Å². The lowest BCUT2D eigenvalue weighted by molar-refractivity contribution is 0.0532. The van der Waals surface area contributed by atoms with Gasteiger partial charge in [-0.15, -0.1) is 0 Å². The van der Waals surface area contributed by atoms with E-state index in [1.54, 1.807) is 6.92 Å². The van der Waals surface area contributed by atoms with Gasteiger partial charge in [-0.05, 0) is 31.4 Å². The number of carbonyl (C=O) groups excluding carboxylic acids is 1. The molecule has 96 valence electrons. The second-order valence-corrected chi connectivity index (χ2v) is 4.85. The summed E-state index contributed by atoms with van der Waals surface area (Å²) in [5, 5.41) is 0.617. The standard InChI is InChI=1S/C15H13NO2S/c1-3-18-15(17)13-10-16-14(19-13)9-8-12-7-5-4-6-11(12)2/h4-7,10H,3H2,1-2H3. The van der Waals surface area contributed by atoms with Gasteiger partial charge in [0.1, 0.15) is 4.88 Å². The Morgan fingerprint density at radius 3 is 2.89 bits per heavy atom. The lowest BCUT2D eigenvalue weighted by atomic mass is 10.1. The molecule has 0 amide bonds. The highest BCUT2D eigenvalue weighted by atomic mass is 32.1. The average molecular weight is 271 g/mol. The molecule has 0 radical (unpaired) electrons. The third-order valence-corrected chi connectivity index (χ3v) is 3.32. The Labute approximate surface area is 116 Å². The molecule has 0 N–H and O–H groups in total. The highest BCUT2D eigenvalue weighted by Crippen LogP contribution is 2.13. The summed E-state index contributed by atoms with van der Waals surface area (Å²) in [4.78, 5) is 16.1. The number of carbonyl (C=O) groups is 1. The van der Waals surface area contributed by atoms with Crippen molar-refractivity contribution in [2.75, 3.05) is 6.61 Å². The molecule has 0 aliphatic carbocycles. The minimum absolute atomic E-state index is 0.344. The quantitative estimate of drug-likeness (QED) is 0.622. The van der Waals surface area contributed by atoms with Gasteiger partial charge in [-0.1, -0.05) is 35.5 Å². The summed E-state index contributed by atoms with van der Waals surface area (Å²) in [6, 6.07) is 7.89. The van der Waals surface area contributed by atoms with E-state index in [1.165, 1.54) is 17.5 Å². The second kappa shape index (κ2) is 6.17. The van der Waals surface area contributed by atoms with E-state index in [0.29, 0.717) is 16.5 Å². The zero-order valence-electron chi connectivity index (χ0n) is 10.8. The van der Waals surface area contributed by atoms with Crippen LogP contribution in [0.2, 0.25) is 0 Å². The molecule has 0 aliphatic heterocycles. The van der Waals surface area contributed by atoms with Crippen LogP contribution in [-0.2, 0) is 4.74 Å². The van der Waals surface area contributed by atoms with Crippen LogP contribution < -0.4 is 0 Å². The number of esters is 1. The Morgan fingerprint density at radius 1 is 1.37 bits per heavy atom. The van der Waals surface area contributed by atoms with Crippen molar-refractivity contribution in [2.24, 2.45) is 0 Å². The summed E-state index contributed by atoms with van der Waals surface area (Å²) in [6.45, 7) is 4.15. The monoisotopic (exact) mass is 271 g/mol. The summed E-state index contributed by atoms with van der Waals surface area (Å²) >= 11 is 1.25. The third-order valence-electron chi connectivity index (χ3n) is 2.43. The number of hydrogen-bond donors (Lipinski definition) is 0. The molecule has 2 aromatic rings. The summed E-state index contributed by atoms with van der Waals surface area (Å²) in [5.41, 5.74) is 2.09. The van der Waals surface area contributed by atoms with Crippen molar-refractivity contribution in [2.45, 2.75) is 13.8 Å². The number of nitrogens with zero attached hydrogens (tertiary/aromatic N) is 1. The average Bonchev–Trinajstić information content (AvgIpc) is 2.87. The fourth-order valence-corrected chi connectivity index (χ4v) is 2.13. The number of benzene rings is 1. The Kier molecular flexibility index (Phi) is 4.32. The highest BCUT2D eigenvalue weighted by Gasteiger charge is 2.09. The van der Waals surface area contributed by atoms with E-state index in [9.17, 15) is 4.79 Å². The molecule has 0 saturated carbocycles. The molecule has 0 spiro atoms. The maximum absolute atomic E-state index is 11.5. The largest absolute Gasteiger partial charge is 0.462 e. The Morgan fingerprint density at radius 2 is 2.16 bits per heavy atom. The van der Waals surface area contributed by atoms with Crippen LogP contribution in [0.1, 0.15) is 32.7 Å². The van der Waals surface area contributed by atoms with E-state index in [1.807, 2.05) is 31.2 Å². The molecule has 1 heterocycles. The molecule has 3 nitrogen and oxygen atoms in total. The van der Waals surface area contributed by atoms with Gasteiger partial charge >= 0.3 is 5.97 Å². The summed E-state index contributed by atoms with van der Waals surface area (Å²) in [7, 11) is 0. The number of hydrogen-bond acceptors (Lipinski definition) is 4. The zero-order chi connectivity index (χ0) is 13.7. The number of rotatable bonds is 2. The molecular formula is C15H13NO2S. The van der Waals surface area contributed by atoms with Crippen LogP contribution in [0.4, 0.5) is 0 Å². The predicted molar refractivity (Wildman–Crippen MR) is 75.2 cm³/mol. The van der Waals surface area contributed by atoms with Gasteiger partial charge in [-0.25, -0.2) is 9.78 Å². The van der Waals surface area contributed by atoms with Crippen LogP contribution in [0.3, 0.4) is 0 Å². The molecule has 1 aromatic carbocycles. The van der Waals surface area contributed by atoms with Gasteiger partial charge in [0.05, 0.1) is 12.8 Å². The van der Waals surface area contributed by atoms with Crippen molar-refractivity contribution < 1.29 is 9.53 Å². The molecule has 2 rings (SSSR count). The van der Waals surface area contributed by atoms with Gasteiger partial charge < -0.3 is 4.74 Å². The first-order valence-corrected chi connectivity index (χ1v) is 6.73. The molecular weight excluding hydrogens is 258 g/mol. The van der Waals surface area contributed by atoms with Crippen LogP contribution in [0, 0.1) is 18.8 Å². The maximum Gasteiger partial charge on any atom is 0.349 e. The number of ether oxygens (including phenoxy) is 1. The second-order valence-electron chi connectivity index (χ2n) is 3.82. The normalized spacial score (nSPS) is 9.58. The van der Waals surface area contributed by atoms with Gasteiger partial charge in [0.25, 0.3) is 0 Å². The van der Waals surface area contributed by atoms with Gasteiger partial charge in [0.15, 0.2) is 5.01 Å². The lowest BCUT2D eigenvalue weighted by Crippen LogP contribution is -2.01. The third kappa shape index (κ3) is 3.43. The first kappa shape index (κ1) is 13.3. The number of thiazole rings is 1. The van der Waals surface area contributed by atoms with E-state index < -0.39 is 0 Å². The van der Waals surface area contributed by atoms with Crippen molar-refractivity contribution in [3.63, 3.8) is 0 Å². The Bertz CT molecular complexity index is 649. The van der Waals surface area contributed by atoms with E-state index in [0.717, 1.165) is 11.1 Å². The first-order chi connectivity index (χ1) is 9.20. The van der Waals surface area contributed by atoms with Gasteiger partial charge in [-0.3, -0.25) is 0 Å². The van der Waals surface area contributed by atoms with E-state index in [2.05, 4.69) is 16.8 Å². The zero-order valence-corrected chi connectivity index (χ0v) is 11.6. The maximum atomic E-state index is 11.5. The van der Waals surface area contributed by atoms with Crippen molar-refractivity contribution >= 4 is 17.3 Å². The van der Waals surface area contributed by atoms with Crippen LogP contribution in [0.15, 0.2) is 30.5 Å². The molecule has 19 heavy (non-hydrogen) atoms. The van der Waals surface area contributed by atoms with Crippen LogP contribution in [0.5, 0.6) is 0 Å². The van der Waals surface area contributed by atoms with Crippen molar-refractivity contribution in [3.8, 4) is 11.8 Å². The molecule has 0 unspecified atom stereocenters. The topological polar surface area (TPSA) is 39.2 Å². The number of aromatic nitrogens is 1. The van der Waals surface area contributed by atoms with Crippen molar-refractivity contribution in [1.82, 2.24) is 4.98 Å². The van der Waals surface area contributed by atoms with Crippen LogP contribution >= 0.6 is 11.3 Å². The van der Waals surface area contributed by atoms with Crippen LogP contribution in [-0.4, -0.2) is 17.6 Å². The number of aryl methyl sites for hydroxylation is 1. The van der Waals surface area contributed by atoms with Crippen molar-refractivity contribution in [1.29, 1.82) is 0 Å².